The second kappa shape index (κ2) is 7.55. The number of fused-ring (bicyclic) bond motifs is 1. The number of alkyl halides is 1. The van der Waals surface area contributed by atoms with Crippen molar-refractivity contribution >= 4 is 22.7 Å². The maximum Gasteiger partial charge on any atom is 0.276 e. The van der Waals surface area contributed by atoms with Crippen LogP contribution in [0, 0.1) is 0 Å². The van der Waals surface area contributed by atoms with Gasteiger partial charge in [-0.1, -0.05) is 11.3 Å². The molecule has 2 fully saturated rings. The lowest BCUT2D eigenvalue weighted by Crippen LogP contribution is -2.38. The van der Waals surface area contributed by atoms with Gasteiger partial charge >= 0.3 is 0 Å². The van der Waals surface area contributed by atoms with Crippen LogP contribution in [-0.2, 0) is 6.54 Å². The summed E-state index contributed by atoms with van der Waals surface area (Å²) in [6.45, 7) is 1.84. The predicted octanol–water partition coefficient (Wildman–Crippen LogP) is 2.25. The molecule has 8 nitrogen and oxygen atoms in total. The zero-order chi connectivity index (χ0) is 20.7. The minimum atomic E-state index is -1.08. The van der Waals surface area contributed by atoms with Gasteiger partial charge in [0.2, 0.25) is 0 Å². The fraction of sp³-hybridized carbons (Fsp3) is 0.429. The summed E-state index contributed by atoms with van der Waals surface area (Å²) in [6, 6.07) is 6.99. The summed E-state index contributed by atoms with van der Waals surface area (Å²) < 4.78 is 15.8. The first-order chi connectivity index (χ1) is 14.6. The number of carbonyl (C=O) groups excluding carboxylic acids is 2. The Kier molecular flexibility index (Phi) is 4.72. The number of carbonyl (C=O) groups is 2. The number of nitrogens with one attached hydrogen (secondary N) is 1. The van der Waals surface area contributed by atoms with Crippen LogP contribution in [-0.4, -0.2) is 73.4 Å². The van der Waals surface area contributed by atoms with E-state index in [-0.39, 0.29) is 30.8 Å². The molecule has 2 aliphatic rings. The van der Waals surface area contributed by atoms with Crippen molar-refractivity contribution in [3.8, 4) is 0 Å². The third-order valence-corrected chi connectivity index (χ3v) is 6.00. The Balaban J connectivity index is 1.34. The monoisotopic (exact) mass is 410 g/mol. The minimum absolute atomic E-state index is 0.0541. The van der Waals surface area contributed by atoms with E-state index < -0.39 is 6.17 Å². The smallest absolute Gasteiger partial charge is 0.276 e. The minimum Gasteiger partial charge on any atom is -0.361 e. The topological polar surface area (TPSA) is 87.1 Å². The van der Waals surface area contributed by atoms with Gasteiger partial charge in [-0.05, 0) is 31.0 Å². The van der Waals surface area contributed by atoms with Crippen LogP contribution in [0.1, 0.15) is 40.1 Å². The van der Waals surface area contributed by atoms with E-state index in [0.29, 0.717) is 17.8 Å². The number of aromatic nitrogens is 4. The van der Waals surface area contributed by atoms with Crippen molar-refractivity contribution in [3.63, 3.8) is 0 Å². The molecule has 9 heteroatoms. The van der Waals surface area contributed by atoms with E-state index in [2.05, 4.69) is 15.3 Å². The molecule has 2 aromatic heterocycles. The van der Waals surface area contributed by atoms with Crippen LogP contribution in [0.2, 0.25) is 0 Å². The van der Waals surface area contributed by atoms with Crippen molar-refractivity contribution < 1.29 is 14.0 Å². The fourth-order valence-corrected chi connectivity index (χ4v) is 4.49. The Bertz CT molecular complexity index is 1090. The molecule has 5 rings (SSSR count). The van der Waals surface area contributed by atoms with Gasteiger partial charge in [0.15, 0.2) is 5.69 Å². The van der Waals surface area contributed by atoms with Crippen molar-refractivity contribution in [2.75, 3.05) is 19.6 Å². The first kappa shape index (κ1) is 18.8. The molecular formula is C21H23FN6O2. The van der Waals surface area contributed by atoms with Gasteiger partial charge in [0.05, 0.1) is 25.3 Å². The summed E-state index contributed by atoms with van der Waals surface area (Å²) in [6.07, 6.45) is 4.55. The highest BCUT2D eigenvalue weighted by Gasteiger charge is 2.37. The maximum absolute atomic E-state index is 14.3. The van der Waals surface area contributed by atoms with Gasteiger partial charge in [0.25, 0.3) is 11.8 Å². The zero-order valence-electron chi connectivity index (χ0n) is 16.5. The highest BCUT2D eigenvalue weighted by molar-refractivity contribution is 6.06. The highest BCUT2D eigenvalue weighted by Crippen LogP contribution is 2.27. The molecule has 156 valence electrons. The second-order valence-corrected chi connectivity index (χ2v) is 8.01. The molecule has 2 aliphatic heterocycles. The van der Waals surface area contributed by atoms with Gasteiger partial charge in [0.1, 0.15) is 6.17 Å². The van der Waals surface area contributed by atoms with Crippen LogP contribution in [0.25, 0.3) is 10.9 Å². The van der Waals surface area contributed by atoms with Gasteiger partial charge in [-0.15, -0.1) is 5.10 Å². The number of likely N-dealkylation sites (tertiary alicyclic amines) is 2. The lowest BCUT2D eigenvalue weighted by atomic mass is 10.1. The first-order valence-electron chi connectivity index (χ1n) is 10.3. The molecule has 0 aliphatic carbocycles. The first-order valence-corrected chi connectivity index (χ1v) is 10.3. The van der Waals surface area contributed by atoms with Crippen LogP contribution >= 0.6 is 0 Å². The van der Waals surface area contributed by atoms with E-state index in [1.54, 1.807) is 32.9 Å². The number of hydrogen-bond acceptors (Lipinski definition) is 4. The largest absolute Gasteiger partial charge is 0.361 e. The number of halogens is 1. The summed E-state index contributed by atoms with van der Waals surface area (Å²) in [5.41, 5.74) is 1.72. The third kappa shape index (κ3) is 3.34. The Labute approximate surface area is 172 Å². The fourth-order valence-electron chi connectivity index (χ4n) is 4.49. The molecule has 2 amide bonds. The number of hydrogen-bond donors (Lipinski definition) is 1. The molecule has 3 aromatic rings. The lowest BCUT2D eigenvalue weighted by Gasteiger charge is -2.24. The zero-order valence-corrected chi connectivity index (χ0v) is 16.5. The number of aromatic amines is 1. The predicted molar refractivity (Wildman–Crippen MR) is 108 cm³/mol. The third-order valence-electron chi connectivity index (χ3n) is 6.00. The van der Waals surface area contributed by atoms with Crippen molar-refractivity contribution in [1.29, 1.82) is 0 Å². The van der Waals surface area contributed by atoms with Crippen LogP contribution in [0.4, 0.5) is 4.39 Å². The molecule has 1 N–H and O–H groups in total. The van der Waals surface area contributed by atoms with Crippen LogP contribution in [0.3, 0.4) is 0 Å². The number of benzene rings is 1. The SMILES string of the molecule is O=C(c1cn(C[C@@H]2C[C@H](F)CN2C(=O)c2cccc3[nH]ccc23)nn1)N1CCCC1. The van der Waals surface area contributed by atoms with E-state index >= 15 is 0 Å². The van der Waals surface area contributed by atoms with Crippen molar-refractivity contribution in [1.82, 2.24) is 29.8 Å². The molecular weight excluding hydrogens is 387 g/mol. The summed E-state index contributed by atoms with van der Waals surface area (Å²) >= 11 is 0. The van der Waals surface area contributed by atoms with Gasteiger partial charge < -0.3 is 14.8 Å². The number of H-pyrrole nitrogens is 1. The maximum atomic E-state index is 14.3. The molecule has 2 atom stereocenters. The van der Waals surface area contributed by atoms with Gasteiger partial charge in [-0.2, -0.15) is 0 Å². The van der Waals surface area contributed by atoms with Gasteiger partial charge in [0, 0.05) is 42.2 Å². The quantitative estimate of drug-likeness (QED) is 0.715. The molecule has 0 bridgehead atoms. The van der Waals surface area contributed by atoms with E-state index in [0.717, 1.165) is 36.8 Å². The second-order valence-electron chi connectivity index (χ2n) is 8.01. The molecule has 4 heterocycles. The molecule has 0 radical (unpaired) electrons. The molecule has 2 saturated heterocycles. The van der Waals surface area contributed by atoms with E-state index in [9.17, 15) is 14.0 Å². The normalized spacial score (nSPS) is 21.6. The Morgan fingerprint density at radius 2 is 2.00 bits per heavy atom. The van der Waals surface area contributed by atoms with E-state index in [1.807, 2.05) is 18.2 Å². The van der Waals surface area contributed by atoms with Crippen molar-refractivity contribution in [2.45, 2.75) is 38.0 Å². The molecule has 0 saturated carbocycles. The molecule has 0 spiro atoms. The number of amides is 2. The Morgan fingerprint density at radius 1 is 1.17 bits per heavy atom. The van der Waals surface area contributed by atoms with Crippen LogP contribution in [0.5, 0.6) is 0 Å². The highest BCUT2D eigenvalue weighted by atomic mass is 19.1. The molecule has 30 heavy (non-hydrogen) atoms. The Hall–Kier alpha value is -3.23. The van der Waals surface area contributed by atoms with Crippen molar-refractivity contribution in [3.05, 3.63) is 47.9 Å². The Morgan fingerprint density at radius 3 is 2.83 bits per heavy atom. The van der Waals surface area contributed by atoms with Crippen molar-refractivity contribution in [2.24, 2.45) is 0 Å². The summed E-state index contributed by atoms with van der Waals surface area (Å²) in [5, 5.41) is 8.89. The molecule has 0 unspecified atom stereocenters. The van der Waals surface area contributed by atoms with E-state index in [1.165, 1.54) is 0 Å². The van der Waals surface area contributed by atoms with Gasteiger partial charge in [-0.3, -0.25) is 9.59 Å². The average Bonchev–Trinajstić information content (AvgIpc) is 3.53. The van der Waals surface area contributed by atoms with Crippen LogP contribution in [0.15, 0.2) is 36.7 Å². The molecule has 1 aromatic carbocycles. The van der Waals surface area contributed by atoms with Crippen LogP contribution < -0.4 is 0 Å². The van der Waals surface area contributed by atoms with E-state index in [4.69, 9.17) is 0 Å². The number of rotatable bonds is 4. The number of nitrogens with zero attached hydrogens (tertiary/aromatic N) is 5. The lowest BCUT2D eigenvalue weighted by molar-refractivity contribution is 0.0715. The summed E-state index contributed by atoms with van der Waals surface area (Å²) in [5.74, 6) is -0.320. The summed E-state index contributed by atoms with van der Waals surface area (Å²) in [7, 11) is 0. The standard InChI is InChI=1S/C21H23FN6O2/c22-14-10-15(12-27-13-19(24-25-27)21(30)26-8-1-2-9-26)28(11-14)20(29)17-4-3-5-18-16(17)6-7-23-18/h3-7,13-15,23H,1-2,8-12H2/t14-,15-/m0/s1. The average molecular weight is 410 g/mol. The summed E-state index contributed by atoms with van der Waals surface area (Å²) in [4.78, 5) is 32.2. The van der Waals surface area contributed by atoms with Gasteiger partial charge in [-0.25, -0.2) is 9.07 Å².